The first-order chi connectivity index (χ1) is 10.3. The average molecular weight is 323 g/mol. The molecule has 1 unspecified atom stereocenters. The van der Waals surface area contributed by atoms with Gasteiger partial charge in [0.2, 0.25) is 5.91 Å². The largest absolute Gasteiger partial charge is 0.477 e. The van der Waals surface area contributed by atoms with E-state index in [4.69, 9.17) is 5.11 Å². The van der Waals surface area contributed by atoms with E-state index in [0.29, 0.717) is 10.4 Å². The fourth-order valence-corrected chi connectivity index (χ4v) is 3.03. The molecule has 0 saturated heterocycles. The summed E-state index contributed by atoms with van der Waals surface area (Å²) < 4.78 is 1.20. The van der Waals surface area contributed by atoms with Gasteiger partial charge in [-0.1, -0.05) is 6.92 Å². The van der Waals surface area contributed by atoms with E-state index >= 15 is 0 Å². The molecule has 0 saturated carbocycles. The Bertz CT molecular complexity index is 793. The summed E-state index contributed by atoms with van der Waals surface area (Å²) >= 11 is 0.963. The first-order valence-corrected chi connectivity index (χ1v) is 7.68. The number of amides is 1. The van der Waals surface area contributed by atoms with Crippen LogP contribution in [0.15, 0.2) is 11.1 Å². The van der Waals surface area contributed by atoms with E-state index in [2.05, 4.69) is 10.3 Å². The zero-order chi connectivity index (χ0) is 16.4. The lowest BCUT2D eigenvalue weighted by Crippen LogP contribution is -2.37. The second kappa shape index (κ2) is 6.27. The molecule has 0 fully saturated rings. The van der Waals surface area contributed by atoms with Gasteiger partial charge in [0.05, 0.1) is 11.7 Å². The Morgan fingerprint density at radius 3 is 2.77 bits per heavy atom. The number of nitrogens with zero attached hydrogens (tertiary/aromatic N) is 2. The third-order valence-electron chi connectivity index (χ3n) is 3.45. The summed E-state index contributed by atoms with van der Waals surface area (Å²) in [6.07, 6.45) is 2.08. The lowest BCUT2D eigenvalue weighted by molar-refractivity contribution is -0.122. The van der Waals surface area contributed by atoms with Crippen LogP contribution in [0.1, 0.15) is 35.5 Å². The molecule has 0 aliphatic heterocycles. The van der Waals surface area contributed by atoms with Gasteiger partial charge < -0.3 is 10.4 Å². The van der Waals surface area contributed by atoms with Crippen LogP contribution >= 0.6 is 11.3 Å². The van der Waals surface area contributed by atoms with Gasteiger partial charge in [-0.3, -0.25) is 14.2 Å². The Morgan fingerprint density at radius 2 is 2.18 bits per heavy atom. The number of rotatable bonds is 5. The summed E-state index contributed by atoms with van der Waals surface area (Å²) in [7, 11) is 0. The standard InChI is InChI=1S/C14H17N3O4S/c1-4-7(2)16-9(18)5-17-6-15-12-10(13(17)19)8(3)11(22-12)14(20)21/h6-7H,4-5H2,1-3H3,(H,16,18)(H,20,21). The van der Waals surface area contributed by atoms with Gasteiger partial charge in [-0.15, -0.1) is 11.3 Å². The van der Waals surface area contributed by atoms with Gasteiger partial charge in [0.1, 0.15) is 16.3 Å². The average Bonchev–Trinajstić information content (AvgIpc) is 2.79. The normalized spacial score (nSPS) is 12.3. The molecule has 7 nitrogen and oxygen atoms in total. The van der Waals surface area contributed by atoms with E-state index in [1.54, 1.807) is 6.92 Å². The van der Waals surface area contributed by atoms with Crippen LogP contribution in [-0.2, 0) is 11.3 Å². The van der Waals surface area contributed by atoms with E-state index in [1.807, 2.05) is 13.8 Å². The quantitative estimate of drug-likeness (QED) is 0.865. The number of carboxylic acid groups (broad SMARTS) is 1. The summed E-state index contributed by atoms with van der Waals surface area (Å²) in [6.45, 7) is 5.27. The van der Waals surface area contributed by atoms with Gasteiger partial charge >= 0.3 is 5.97 Å². The van der Waals surface area contributed by atoms with Crippen LogP contribution in [0.3, 0.4) is 0 Å². The Morgan fingerprint density at radius 1 is 1.50 bits per heavy atom. The van der Waals surface area contributed by atoms with Gasteiger partial charge in [-0.2, -0.15) is 0 Å². The molecule has 118 valence electrons. The minimum atomic E-state index is -1.08. The van der Waals surface area contributed by atoms with E-state index in [9.17, 15) is 14.4 Å². The first kappa shape index (κ1) is 16.2. The van der Waals surface area contributed by atoms with Crippen molar-refractivity contribution >= 4 is 33.4 Å². The Kier molecular flexibility index (Phi) is 4.60. The van der Waals surface area contributed by atoms with E-state index in [0.717, 1.165) is 17.8 Å². The number of aryl methyl sites for hydroxylation is 1. The molecule has 2 N–H and O–H groups in total. The number of carbonyl (C=O) groups excluding carboxylic acids is 1. The molecular weight excluding hydrogens is 306 g/mol. The number of hydrogen-bond donors (Lipinski definition) is 2. The van der Waals surface area contributed by atoms with Gasteiger partial charge in [0.15, 0.2) is 0 Å². The molecule has 1 amide bonds. The zero-order valence-corrected chi connectivity index (χ0v) is 13.4. The Hall–Kier alpha value is -2.22. The maximum atomic E-state index is 12.4. The molecule has 0 aliphatic carbocycles. The van der Waals surface area contributed by atoms with Crippen molar-refractivity contribution in [2.75, 3.05) is 0 Å². The molecule has 2 aromatic heterocycles. The molecule has 2 rings (SSSR count). The molecule has 2 heterocycles. The smallest absolute Gasteiger partial charge is 0.346 e. The maximum Gasteiger partial charge on any atom is 0.346 e. The second-order valence-electron chi connectivity index (χ2n) is 5.10. The Labute approximate surface area is 130 Å². The molecule has 0 radical (unpaired) electrons. The van der Waals surface area contributed by atoms with Gasteiger partial charge in [-0.05, 0) is 25.8 Å². The van der Waals surface area contributed by atoms with Crippen molar-refractivity contribution in [3.05, 3.63) is 27.1 Å². The Balaban J connectivity index is 2.39. The molecule has 0 aromatic carbocycles. The summed E-state index contributed by atoms with van der Waals surface area (Å²) in [5, 5.41) is 12.1. The van der Waals surface area contributed by atoms with Crippen molar-refractivity contribution < 1.29 is 14.7 Å². The lowest BCUT2D eigenvalue weighted by Gasteiger charge is -2.12. The number of carbonyl (C=O) groups is 2. The predicted octanol–water partition coefficient (Wildman–Crippen LogP) is 1.38. The van der Waals surface area contributed by atoms with Crippen LogP contribution in [0.2, 0.25) is 0 Å². The molecule has 2 aromatic rings. The highest BCUT2D eigenvalue weighted by molar-refractivity contribution is 7.20. The fraction of sp³-hybridized carbons (Fsp3) is 0.429. The van der Waals surface area contributed by atoms with Crippen LogP contribution < -0.4 is 10.9 Å². The number of carboxylic acids is 1. The SMILES string of the molecule is CCC(C)NC(=O)Cn1cnc2sc(C(=O)O)c(C)c2c1=O. The number of aromatic carboxylic acids is 1. The van der Waals surface area contributed by atoms with E-state index < -0.39 is 11.5 Å². The number of thiophene rings is 1. The number of hydrogen-bond acceptors (Lipinski definition) is 5. The highest BCUT2D eigenvalue weighted by Crippen LogP contribution is 2.26. The third-order valence-corrected chi connectivity index (χ3v) is 4.63. The van der Waals surface area contributed by atoms with Crippen LogP contribution in [0, 0.1) is 6.92 Å². The summed E-state index contributed by atoms with van der Waals surface area (Å²) in [5.41, 5.74) is -0.00719. The number of fused-ring (bicyclic) bond motifs is 1. The molecule has 0 aliphatic rings. The summed E-state index contributed by atoms with van der Waals surface area (Å²) in [6, 6.07) is 0.0291. The fourth-order valence-electron chi connectivity index (χ4n) is 2.05. The number of aromatic nitrogens is 2. The minimum absolute atomic E-state index is 0.0291. The molecule has 0 spiro atoms. The van der Waals surface area contributed by atoms with Crippen molar-refractivity contribution in [1.82, 2.24) is 14.9 Å². The van der Waals surface area contributed by atoms with Crippen LogP contribution in [-0.4, -0.2) is 32.6 Å². The molecule has 22 heavy (non-hydrogen) atoms. The highest BCUT2D eigenvalue weighted by Gasteiger charge is 2.19. The molecular formula is C14H17N3O4S. The van der Waals surface area contributed by atoms with Gasteiger partial charge in [0.25, 0.3) is 5.56 Å². The van der Waals surface area contributed by atoms with Gasteiger partial charge in [-0.25, -0.2) is 9.78 Å². The second-order valence-corrected chi connectivity index (χ2v) is 6.09. The maximum absolute atomic E-state index is 12.4. The first-order valence-electron chi connectivity index (χ1n) is 6.86. The van der Waals surface area contributed by atoms with Gasteiger partial charge in [0, 0.05) is 6.04 Å². The predicted molar refractivity (Wildman–Crippen MR) is 83.5 cm³/mol. The zero-order valence-electron chi connectivity index (χ0n) is 12.5. The molecule has 8 heteroatoms. The van der Waals surface area contributed by atoms with Crippen LogP contribution in [0.25, 0.3) is 10.2 Å². The van der Waals surface area contributed by atoms with Crippen molar-refractivity contribution in [1.29, 1.82) is 0 Å². The van der Waals surface area contributed by atoms with E-state index in [-0.39, 0.29) is 28.8 Å². The monoisotopic (exact) mass is 323 g/mol. The van der Waals surface area contributed by atoms with Crippen molar-refractivity contribution in [3.63, 3.8) is 0 Å². The molecule has 1 atom stereocenters. The molecule has 0 bridgehead atoms. The van der Waals surface area contributed by atoms with Crippen molar-refractivity contribution in [2.45, 2.75) is 39.8 Å². The summed E-state index contributed by atoms with van der Waals surface area (Å²) in [5.74, 6) is -1.36. The summed E-state index contributed by atoms with van der Waals surface area (Å²) in [4.78, 5) is 40.0. The lowest BCUT2D eigenvalue weighted by atomic mass is 10.2. The van der Waals surface area contributed by atoms with Crippen LogP contribution in [0.4, 0.5) is 0 Å². The van der Waals surface area contributed by atoms with Crippen molar-refractivity contribution in [2.24, 2.45) is 0 Å². The topological polar surface area (TPSA) is 101 Å². The minimum Gasteiger partial charge on any atom is -0.477 e. The van der Waals surface area contributed by atoms with Crippen LogP contribution in [0.5, 0.6) is 0 Å². The van der Waals surface area contributed by atoms with E-state index in [1.165, 1.54) is 10.9 Å². The third kappa shape index (κ3) is 3.01. The number of nitrogens with one attached hydrogen (secondary N) is 1. The van der Waals surface area contributed by atoms with Crippen molar-refractivity contribution in [3.8, 4) is 0 Å². The highest BCUT2D eigenvalue weighted by atomic mass is 32.1.